The standard InChI is InChI=1S/C21H25FN2O3/c1-4-23-21(26)15(2)24(14-17-7-5-6-8-19(17)22)20(25)13-16-9-11-18(27-3)12-10-16/h5-12,15H,4,13-14H2,1-3H3,(H,23,26)/t15-/m0/s1. The number of rotatable bonds is 8. The average Bonchev–Trinajstić information content (AvgIpc) is 2.67. The number of nitrogens with one attached hydrogen (secondary N) is 1. The lowest BCUT2D eigenvalue weighted by atomic mass is 10.1. The summed E-state index contributed by atoms with van der Waals surface area (Å²) in [7, 11) is 1.57. The molecule has 0 heterocycles. The molecule has 2 aromatic carbocycles. The van der Waals surface area contributed by atoms with E-state index in [4.69, 9.17) is 4.74 Å². The fraction of sp³-hybridized carbons (Fsp3) is 0.333. The third kappa shape index (κ3) is 5.54. The highest BCUT2D eigenvalue weighted by atomic mass is 19.1. The maximum atomic E-state index is 14.1. The van der Waals surface area contributed by atoms with Gasteiger partial charge in [-0.1, -0.05) is 30.3 Å². The summed E-state index contributed by atoms with van der Waals surface area (Å²) in [6, 6.07) is 12.7. The molecule has 2 amide bonds. The number of benzene rings is 2. The fourth-order valence-electron chi connectivity index (χ4n) is 2.73. The Morgan fingerprint density at radius 1 is 1.15 bits per heavy atom. The van der Waals surface area contributed by atoms with Gasteiger partial charge in [0.05, 0.1) is 13.5 Å². The van der Waals surface area contributed by atoms with Gasteiger partial charge in [-0.25, -0.2) is 4.39 Å². The summed E-state index contributed by atoms with van der Waals surface area (Å²) in [5, 5.41) is 2.72. The quantitative estimate of drug-likeness (QED) is 0.775. The second kappa shape index (κ2) is 9.71. The van der Waals surface area contributed by atoms with Crippen LogP contribution in [0.2, 0.25) is 0 Å². The van der Waals surface area contributed by atoms with Gasteiger partial charge in [0.2, 0.25) is 11.8 Å². The van der Waals surface area contributed by atoms with Crippen LogP contribution in [0.1, 0.15) is 25.0 Å². The smallest absolute Gasteiger partial charge is 0.242 e. The van der Waals surface area contributed by atoms with Crippen molar-refractivity contribution in [2.75, 3.05) is 13.7 Å². The molecule has 144 valence electrons. The highest BCUT2D eigenvalue weighted by Gasteiger charge is 2.26. The SMILES string of the molecule is CCNC(=O)[C@H](C)N(Cc1ccccc1F)C(=O)Cc1ccc(OC)cc1. The molecule has 5 nitrogen and oxygen atoms in total. The molecule has 0 aliphatic heterocycles. The molecule has 0 aliphatic carbocycles. The second-order valence-electron chi connectivity index (χ2n) is 6.21. The summed E-state index contributed by atoms with van der Waals surface area (Å²) in [6.07, 6.45) is 0.113. The van der Waals surface area contributed by atoms with Crippen molar-refractivity contribution in [2.24, 2.45) is 0 Å². The van der Waals surface area contributed by atoms with Crippen LogP contribution in [0, 0.1) is 5.82 Å². The third-order valence-corrected chi connectivity index (χ3v) is 4.33. The predicted molar refractivity (Wildman–Crippen MR) is 102 cm³/mol. The zero-order valence-electron chi connectivity index (χ0n) is 15.9. The van der Waals surface area contributed by atoms with Crippen molar-refractivity contribution >= 4 is 11.8 Å². The molecular formula is C21H25FN2O3. The summed E-state index contributed by atoms with van der Waals surface area (Å²) in [6.45, 7) is 3.95. The van der Waals surface area contributed by atoms with Crippen LogP contribution in [0.5, 0.6) is 5.75 Å². The molecule has 0 aromatic heterocycles. The Hall–Kier alpha value is -2.89. The first kappa shape index (κ1) is 20.4. The Morgan fingerprint density at radius 2 is 1.81 bits per heavy atom. The van der Waals surface area contributed by atoms with E-state index in [0.717, 1.165) is 5.56 Å². The van der Waals surface area contributed by atoms with E-state index in [1.54, 1.807) is 56.5 Å². The van der Waals surface area contributed by atoms with Crippen molar-refractivity contribution in [3.05, 3.63) is 65.5 Å². The van der Waals surface area contributed by atoms with E-state index < -0.39 is 11.9 Å². The molecular weight excluding hydrogens is 347 g/mol. The first-order chi connectivity index (χ1) is 13.0. The Balaban J connectivity index is 2.22. The Bertz CT molecular complexity index is 777. The van der Waals surface area contributed by atoms with Gasteiger partial charge in [0, 0.05) is 18.7 Å². The van der Waals surface area contributed by atoms with Crippen LogP contribution in [0.3, 0.4) is 0 Å². The van der Waals surface area contributed by atoms with E-state index in [1.165, 1.54) is 11.0 Å². The van der Waals surface area contributed by atoms with Gasteiger partial charge in [0.15, 0.2) is 0 Å². The zero-order valence-corrected chi connectivity index (χ0v) is 15.9. The van der Waals surface area contributed by atoms with Crippen LogP contribution in [0.15, 0.2) is 48.5 Å². The minimum Gasteiger partial charge on any atom is -0.497 e. The number of halogens is 1. The lowest BCUT2D eigenvalue weighted by Gasteiger charge is -2.29. The molecule has 0 saturated carbocycles. The highest BCUT2D eigenvalue weighted by Crippen LogP contribution is 2.16. The van der Waals surface area contributed by atoms with Gasteiger partial charge in [-0.15, -0.1) is 0 Å². The van der Waals surface area contributed by atoms with Crippen molar-refractivity contribution in [1.82, 2.24) is 10.2 Å². The zero-order chi connectivity index (χ0) is 19.8. The maximum Gasteiger partial charge on any atom is 0.242 e. The summed E-state index contributed by atoms with van der Waals surface area (Å²) >= 11 is 0. The highest BCUT2D eigenvalue weighted by molar-refractivity contribution is 5.88. The van der Waals surface area contributed by atoms with Crippen LogP contribution < -0.4 is 10.1 Å². The minimum absolute atomic E-state index is 0.0277. The van der Waals surface area contributed by atoms with Gasteiger partial charge in [-0.2, -0.15) is 0 Å². The van der Waals surface area contributed by atoms with E-state index in [1.807, 2.05) is 6.92 Å². The summed E-state index contributed by atoms with van der Waals surface area (Å²) < 4.78 is 19.2. The number of likely N-dealkylation sites (N-methyl/N-ethyl adjacent to an activating group) is 1. The van der Waals surface area contributed by atoms with Gasteiger partial charge in [-0.3, -0.25) is 9.59 Å². The molecule has 27 heavy (non-hydrogen) atoms. The van der Waals surface area contributed by atoms with E-state index in [9.17, 15) is 14.0 Å². The number of amides is 2. The number of carbonyl (C=O) groups excluding carboxylic acids is 2. The van der Waals surface area contributed by atoms with Crippen LogP contribution >= 0.6 is 0 Å². The maximum absolute atomic E-state index is 14.1. The molecule has 2 aromatic rings. The fourth-order valence-corrected chi connectivity index (χ4v) is 2.73. The molecule has 0 aliphatic rings. The van der Waals surface area contributed by atoms with Crippen LogP contribution in [0.25, 0.3) is 0 Å². The monoisotopic (exact) mass is 372 g/mol. The lowest BCUT2D eigenvalue weighted by Crippen LogP contribution is -2.48. The Morgan fingerprint density at radius 3 is 2.41 bits per heavy atom. The predicted octanol–water partition coefficient (Wildman–Crippen LogP) is 2.93. The van der Waals surface area contributed by atoms with Crippen molar-refractivity contribution in [3.8, 4) is 5.75 Å². The second-order valence-corrected chi connectivity index (χ2v) is 6.21. The van der Waals surface area contributed by atoms with Gasteiger partial charge >= 0.3 is 0 Å². The number of ether oxygens (including phenoxy) is 1. The number of hydrogen-bond donors (Lipinski definition) is 1. The molecule has 1 atom stereocenters. The summed E-state index contributed by atoms with van der Waals surface area (Å²) in [4.78, 5) is 26.6. The van der Waals surface area contributed by atoms with Crippen molar-refractivity contribution in [1.29, 1.82) is 0 Å². The molecule has 0 bridgehead atoms. The van der Waals surface area contributed by atoms with Crippen LogP contribution in [-0.4, -0.2) is 36.4 Å². The number of nitrogens with zero attached hydrogens (tertiary/aromatic N) is 1. The van der Waals surface area contributed by atoms with Crippen molar-refractivity contribution in [2.45, 2.75) is 32.9 Å². The van der Waals surface area contributed by atoms with E-state index >= 15 is 0 Å². The number of carbonyl (C=O) groups is 2. The largest absolute Gasteiger partial charge is 0.497 e. The van der Waals surface area contributed by atoms with Gasteiger partial charge in [0.1, 0.15) is 17.6 Å². The van der Waals surface area contributed by atoms with Crippen LogP contribution in [0.4, 0.5) is 4.39 Å². The molecule has 1 N–H and O–H groups in total. The van der Waals surface area contributed by atoms with E-state index in [0.29, 0.717) is 17.9 Å². The van der Waals surface area contributed by atoms with Crippen molar-refractivity contribution in [3.63, 3.8) is 0 Å². The average molecular weight is 372 g/mol. The molecule has 2 rings (SSSR count). The summed E-state index contributed by atoms with van der Waals surface area (Å²) in [5.41, 5.74) is 1.17. The molecule has 6 heteroatoms. The number of hydrogen-bond acceptors (Lipinski definition) is 3. The number of methoxy groups -OCH3 is 1. The molecule has 0 spiro atoms. The first-order valence-electron chi connectivity index (χ1n) is 8.89. The third-order valence-electron chi connectivity index (χ3n) is 4.33. The topological polar surface area (TPSA) is 58.6 Å². The summed E-state index contributed by atoms with van der Waals surface area (Å²) in [5.74, 6) is -0.216. The minimum atomic E-state index is -0.713. The molecule has 0 fully saturated rings. The molecule has 0 radical (unpaired) electrons. The van der Waals surface area contributed by atoms with Crippen LogP contribution in [-0.2, 0) is 22.6 Å². The van der Waals surface area contributed by atoms with E-state index in [2.05, 4.69) is 5.32 Å². The van der Waals surface area contributed by atoms with Gasteiger partial charge in [-0.05, 0) is 37.6 Å². The first-order valence-corrected chi connectivity index (χ1v) is 8.89. The lowest BCUT2D eigenvalue weighted by molar-refractivity contribution is -0.140. The van der Waals surface area contributed by atoms with Crippen molar-refractivity contribution < 1.29 is 18.7 Å². The molecule has 0 unspecified atom stereocenters. The Kier molecular flexibility index (Phi) is 7.34. The molecule has 0 saturated heterocycles. The normalized spacial score (nSPS) is 11.6. The van der Waals surface area contributed by atoms with E-state index in [-0.39, 0.29) is 24.8 Å². The van der Waals surface area contributed by atoms with Gasteiger partial charge < -0.3 is 15.0 Å². The van der Waals surface area contributed by atoms with Gasteiger partial charge in [0.25, 0.3) is 0 Å². The Labute approximate surface area is 159 Å².